The van der Waals surface area contributed by atoms with Crippen LogP contribution in [0.1, 0.15) is 11.1 Å². The van der Waals surface area contributed by atoms with Crippen molar-refractivity contribution in [2.24, 2.45) is 0 Å². The second kappa shape index (κ2) is 5.05. The van der Waals surface area contributed by atoms with Gasteiger partial charge in [0.1, 0.15) is 0 Å². The highest BCUT2D eigenvalue weighted by molar-refractivity contribution is 6.35. The molecule has 2 nitrogen and oxygen atoms in total. The van der Waals surface area contributed by atoms with E-state index in [-0.39, 0.29) is 6.61 Å². The molecule has 2 rings (SSSR count). The average molecular weight is 268 g/mol. The number of aliphatic hydroxyl groups is 1. The zero-order valence-corrected chi connectivity index (χ0v) is 10.8. The Balaban J connectivity index is 2.68. The lowest BCUT2D eigenvalue weighted by Gasteiger charge is -2.11. The molecule has 2 aromatic rings. The zero-order valence-electron chi connectivity index (χ0n) is 9.24. The standard InChI is InChI=1S/C13H11Cl2NO/c1-8-4-5-16-13(11(8)7-17)10-6-9(14)2-3-12(10)15/h2-6,17H,7H2,1H3. The molecule has 1 N–H and O–H groups in total. The van der Waals surface area contributed by atoms with E-state index in [1.54, 1.807) is 24.4 Å². The molecule has 0 radical (unpaired) electrons. The molecular formula is C13H11Cl2NO. The van der Waals surface area contributed by atoms with Crippen LogP contribution in [0.4, 0.5) is 0 Å². The molecule has 0 aliphatic carbocycles. The molecule has 0 bridgehead atoms. The number of aliphatic hydroxyl groups excluding tert-OH is 1. The van der Waals surface area contributed by atoms with Crippen molar-refractivity contribution >= 4 is 23.2 Å². The summed E-state index contributed by atoms with van der Waals surface area (Å²) in [6, 6.07) is 7.06. The third-order valence-corrected chi connectivity index (χ3v) is 3.20. The fourth-order valence-corrected chi connectivity index (χ4v) is 2.08. The minimum absolute atomic E-state index is 0.0716. The van der Waals surface area contributed by atoms with Gasteiger partial charge in [-0.3, -0.25) is 4.98 Å². The summed E-state index contributed by atoms with van der Waals surface area (Å²) in [5, 5.41) is 10.6. The van der Waals surface area contributed by atoms with Gasteiger partial charge >= 0.3 is 0 Å². The van der Waals surface area contributed by atoms with Crippen LogP contribution < -0.4 is 0 Å². The molecule has 1 heterocycles. The van der Waals surface area contributed by atoms with Crippen LogP contribution in [0.5, 0.6) is 0 Å². The van der Waals surface area contributed by atoms with Crippen LogP contribution in [-0.2, 0) is 6.61 Å². The van der Waals surface area contributed by atoms with Crippen LogP contribution in [-0.4, -0.2) is 10.1 Å². The Morgan fingerprint density at radius 2 is 2.00 bits per heavy atom. The summed E-state index contributed by atoms with van der Waals surface area (Å²) in [5.41, 5.74) is 3.18. The molecule has 0 saturated carbocycles. The summed E-state index contributed by atoms with van der Waals surface area (Å²) in [7, 11) is 0. The van der Waals surface area contributed by atoms with E-state index in [9.17, 15) is 5.11 Å². The first-order chi connectivity index (χ1) is 8.13. The number of aromatic nitrogens is 1. The van der Waals surface area contributed by atoms with Gasteiger partial charge in [-0.05, 0) is 36.8 Å². The third kappa shape index (κ3) is 2.44. The van der Waals surface area contributed by atoms with E-state index in [4.69, 9.17) is 23.2 Å². The molecule has 88 valence electrons. The highest BCUT2D eigenvalue weighted by Gasteiger charge is 2.12. The van der Waals surface area contributed by atoms with Gasteiger partial charge in [-0.15, -0.1) is 0 Å². The smallest absolute Gasteiger partial charge is 0.0775 e. The van der Waals surface area contributed by atoms with Crippen LogP contribution in [0.2, 0.25) is 10.0 Å². The van der Waals surface area contributed by atoms with Crippen LogP contribution in [0.3, 0.4) is 0 Å². The van der Waals surface area contributed by atoms with Gasteiger partial charge in [0.25, 0.3) is 0 Å². The van der Waals surface area contributed by atoms with E-state index in [0.29, 0.717) is 15.7 Å². The number of benzene rings is 1. The van der Waals surface area contributed by atoms with Gasteiger partial charge in [-0.2, -0.15) is 0 Å². The largest absolute Gasteiger partial charge is 0.392 e. The van der Waals surface area contributed by atoms with Crippen LogP contribution in [0.25, 0.3) is 11.3 Å². The SMILES string of the molecule is Cc1ccnc(-c2cc(Cl)ccc2Cl)c1CO. The minimum atomic E-state index is -0.0716. The maximum Gasteiger partial charge on any atom is 0.0775 e. The molecule has 0 unspecified atom stereocenters. The molecule has 0 saturated heterocycles. The Hall–Kier alpha value is -1.09. The van der Waals surface area contributed by atoms with E-state index in [0.717, 1.165) is 16.7 Å². The summed E-state index contributed by atoms with van der Waals surface area (Å²) in [4.78, 5) is 4.28. The molecule has 1 aromatic carbocycles. The number of hydrogen-bond acceptors (Lipinski definition) is 2. The van der Waals surface area contributed by atoms with Crippen molar-refractivity contribution in [3.8, 4) is 11.3 Å². The molecule has 0 atom stereocenters. The summed E-state index contributed by atoms with van der Waals surface area (Å²) in [5.74, 6) is 0. The van der Waals surface area contributed by atoms with E-state index in [1.165, 1.54) is 0 Å². The van der Waals surface area contributed by atoms with Gasteiger partial charge in [0.05, 0.1) is 17.3 Å². The summed E-state index contributed by atoms with van der Waals surface area (Å²) >= 11 is 12.1. The second-order valence-electron chi connectivity index (χ2n) is 3.74. The molecule has 17 heavy (non-hydrogen) atoms. The van der Waals surface area contributed by atoms with Crippen molar-refractivity contribution in [2.45, 2.75) is 13.5 Å². The van der Waals surface area contributed by atoms with E-state index >= 15 is 0 Å². The first-order valence-electron chi connectivity index (χ1n) is 5.14. The van der Waals surface area contributed by atoms with Crippen molar-refractivity contribution in [1.82, 2.24) is 4.98 Å². The quantitative estimate of drug-likeness (QED) is 0.897. The van der Waals surface area contributed by atoms with Crippen LogP contribution >= 0.6 is 23.2 Å². The predicted octanol–water partition coefficient (Wildman–Crippen LogP) is 3.86. The molecule has 0 spiro atoms. The molecule has 0 aliphatic heterocycles. The predicted molar refractivity (Wildman–Crippen MR) is 70.4 cm³/mol. The molecular weight excluding hydrogens is 257 g/mol. The van der Waals surface area contributed by atoms with E-state index in [1.807, 2.05) is 13.0 Å². The first kappa shape index (κ1) is 12.4. The monoisotopic (exact) mass is 267 g/mol. The Labute approximate surface area is 110 Å². The Morgan fingerprint density at radius 3 is 2.71 bits per heavy atom. The number of rotatable bonds is 2. The summed E-state index contributed by atoms with van der Waals surface area (Å²) in [6.45, 7) is 1.85. The van der Waals surface area contributed by atoms with Crippen molar-refractivity contribution in [2.75, 3.05) is 0 Å². The second-order valence-corrected chi connectivity index (χ2v) is 4.58. The van der Waals surface area contributed by atoms with Crippen LogP contribution in [0, 0.1) is 6.92 Å². The third-order valence-electron chi connectivity index (χ3n) is 2.63. The summed E-state index contributed by atoms with van der Waals surface area (Å²) < 4.78 is 0. The van der Waals surface area contributed by atoms with Gasteiger partial charge < -0.3 is 5.11 Å². The fraction of sp³-hybridized carbons (Fsp3) is 0.154. The Kier molecular flexibility index (Phi) is 3.67. The number of halogens is 2. The lowest BCUT2D eigenvalue weighted by Crippen LogP contribution is -1.96. The maximum absolute atomic E-state index is 9.40. The summed E-state index contributed by atoms with van der Waals surface area (Å²) in [6.07, 6.45) is 1.70. The average Bonchev–Trinajstić information content (AvgIpc) is 2.32. The van der Waals surface area contributed by atoms with Crippen molar-refractivity contribution in [3.05, 3.63) is 51.6 Å². The van der Waals surface area contributed by atoms with Gasteiger partial charge in [0, 0.05) is 22.3 Å². The first-order valence-corrected chi connectivity index (χ1v) is 5.90. The van der Waals surface area contributed by atoms with Crippen molar-refractivity contribution in [1.29, 1.82) is 0 Å². The zero-order chi connectivity index (χ0) is 12.4. The molecule has 1 aromatic heterocycles. The van der Waals surface area contributed by atoms with Gasteiger partial charge in [0.2, 0.25) is 0 Å². The lowest BCUT2D eigenvalue weighted by atomic mass is 10.0. The lowest BCUT2D eigenvalue weighted by molar-refractivity contribution is 0.281. The van der Waals surface area contributed by atoms with Gasteiger partial charge in [-0.25, -0.2) is 0 Å². The molecule has 0 amide bonds. The van der Waals surface area contributed by atoms with E-state index in [2.05, 4.69) is 4.98 Å². The number of hydrogen-bond donors (Lipinski definition) is 1. The fourth-order valence-electron chi connectivity index (χ4n) is 1.70. The molecule has 0 aliphatic rings. The van der Waals surface area contributed by atoms with Gasteiger partial charge in [0.15, 0.2) is 0 Å². The molecule has 4 heteroatoms. The van der Waals surface area contributed by atoms with Crippen molar-refractivity contribution in [3.63, 3.8) is 0 Å². The highest BCUT2D eigenvalue weighted by Crippen LogP contribution is 2.32. The number of aryl methyl sites for hydroxylation is 1. The Morgan fingerprint density at radius 1 is 1.24 bits per heavy atom. The van der Waals surface area contributed by atoms with Crippen molar-refractivity contribution < 1.29 is 5.11 Å². The topological polar surface area (TPSA) is 33.1 Å². The van der Waals surface area contributed by atoms with Crippen LogP contribution in [0.15, 0.2) is 30.5 Å². The van der Waals surface area contributed by atoms with Gasteiger partial charge in [-0.1, -0.05) is 23.2 Å². The highest BCUT2D eigenvalue weighted by atomic mass is 35.5. The molecule has 0 fully saturated rings. The number of nitrogens with zero attached hydrogens (tertiary/aromatic N) is 1. The maximum atomic E-state index is 9.40. The number of pyridine rings is 1. The van der Waals surface area contributed by atoms with E-state index < -0.39 is 0 Å². The Bertz CT molecular complexity index is 555. The minimum Gasteiger partial charge on any atom is -0.392 e. The normalized spacial score (nSPS) is 10.6.